The van der Waals surface area contributed by atoms with E-state index in [4.69, 9.17) is 14.2 Å². The minimum absolute atomic E-state index is 0.0914. The number of allylic oxidation sites excluding steroid dienone is 20. The number of ether oxygens (including phenoxy) is 3. The Hall–Kier alpha value is -4.19. The van der Waals surface area contributed by atoms with Crippen LogP contribution in [0.2, 0.25) is 0 Å². The smallest absolute Gasteiger partial charge is 0.306 e. The van der Waals surface area contributed by atoms with Gasteiger partial charge in [-0.3, -0.25) is 14.4 Å². The molecule has 0 aliphatic carbocycles. The van der Waals surface area contributed by atoms with E-state index in [0.29, 0.717) is 12.8 Å². The van der Waals surface area contributed by atoms with Gasteiger partial charge in [0, 0.05) is 19.3 Å². The fourth-order valence-electron chi connectivity index (χ4n) is 8.38. The lowest BCUT2D eigenvalue weighted by Crippen LogP contribution is -2.30. The van der Waals surface area contributed by atoms with E-state index >= 15 is 0 Å². The van der Waals surface area contributed by atoms with Crippen molar-refractivity contribution >= 4 is 17.9 Å². The topological polar surface area (TPSA) is 78.9 Å². The first-order valence-electron chi connectivity index (χ1n) is 31.0. The molecule has 0 rings (SSSR count). The number of rotatable bonds is 55. The Labute approximate surface area is 462 Å². The van der Waals surface area contributed by atoms with E-state index in [1.54, 1.807) is 0 Å². The molecule has 0 bridgehead atoms. The molecule has 1 unspecified atom stereocenters. The highest BCUT2D eigenvalue weighted by Crippen LogP contribution is 2.16. The summed E-state index contributed by atoms with van der Waals surface area (Å²) in [7, 11) is 0. The molecule has 0 saturated heterocycles. The van der Waals surface area contributed by atoms with Crippen molar-refractivity contribution in [3.63, 3.8) is 0 Å². The minimum atomic E-state index is -0.793. The molecule has 0 aliphatic rings. The monoisotopic (exact) mass is 1040 g/mol. The molecule has 0 aromatic carbocycles. The van der Waals surface area contributed by atoms with Gasteiger partial charge in [-0.15, -0.1) is 0 Å². The first-order valence-corrected chi connectivity index (χ1v) is 31.0. The average Bonchev–Trinajstić information content (AvgIpc) is 3.41. The van der Waals surface area contributed by atoms with E-state index in [9.17, 15) is 14.4 Å². The zero-order chi connectivity index (χ0) is 54.3. The van der Waals surface area contributed by atoms with Crippen LogP contribution in [0.1, 0.15) is 278 Å². The van der Waals surface area contributed by atoms with Crippen molar-refractivity contribution in [2.75, 3.05) is 13.2 Å². The lowest BCUT2D eigenvalue weighted by Gasteiger charge is -2.18. The average molecular weight is 1040 g/mol. The Balaban J connectivity index is 4.02. The Morgan fingerprint density at radius 3 is 0.827 bits per heavy atom. The van der Waals surface area contributed by atoms with E-state index in [1.165, 1.54) is 96.3 Å². The molecule has 426 valence electrons. The third-order valence-corrected chi connectivity index (χ3v) is 13.0. The van der Waals surface area contributed by atoms with Gasteiger partial charge >= 0.3 is 17.9 Å². The highest BCUT2D eigenvalue weighted by Gasteiger charge is 2.19. The largest absolute Gasteiger partial charge is 0.462 e. The molecular formula is C69H114O6. The van der Waals surface area contributed by atoms with Gasteiger partial charge in [-0.1, -0.05) is 271 Å². The normalized spacial score (nSPS) is 12.9. The highest BCUT2D eigenvalue weighted by molar-refractivity contribution is 5.71. The molecule has 0 spiro atoms. The summed E-state index contributed by atoms with van der Waals surface area (Å²) in [5.74, 6) is -0.936. The molecule has 0 heterocycles. The van der Waals surface area contributed by atoms with Crippen molar-refractivity contribution in [3.05, 3.63) is 122 Å². The predicted molar refractivity (Wildman–Crippen MR) is 325 cm³/mol. The van der Waals surface area contributed by atoms with Gasteiger partial charge in [0.2, 0.25) is 0 Å². The van der Waals surface area contributed by atoms with E-state index in [1.807, 2.05) is 0 Å². The lowest BCUT2D eigenvalue weighted by atomic mass is 10.0. The Bertz CT molecular complexity index is 1570. The van der Waals surface area contributed by atoms with Crippen molar-refractivity contribution in [1.29, 1.82) is 0 Å². The van der Waals surface area contributed by atoms with Gasteiger partial charge in [0.15, 0.2) is 6.10 Å². The second-order valence-corrected chi connectivity index (χ2v) is 20.2. The summed E-state index contributed by atoms with van der Waals surface area (Å²) in [6, 6.07) is 0. The second kappa shape index (κ2) is 62.4. The quantitative estimate of drug-likeness (QED) is 0.0261. The van der Waals surface area contributed by atoms with Gasteiger partial charge in [-0.2, -0.15) is 0 Å². The molecule has 75 heavy (non-hydrogen) atoms. The zero-order valence-electron chi connectivity index (χ0n) is 48.8. The second-order valence-electron chi connectivity index (χ2n) is 20.2. The summed E-state index contributed by atoms with van der Waals surface area (Å²) in [6.07, 6.45) is 86.9. The lowest BCUT2D eigenvalue weighted by molar-refractivity contribution is -0.167. The summed E-state index contributed by atoms with van der Waals surface area (Å²) in [4.78, 5) is 37.9. The van der Waals surface area contributed by atoms with Gasteiger partial charge in [0.25, 0.3) is 0 Å². The first-order chi connectivity index (χ1) is 37.0. The maximum absolute atomic E-state index is 12.8. The molecule has 0 N–H and O–H groups in total. The van der Waals surface area contributed by atoms with Crippen molar-refractivity contribution < 1.29 is 28.6 Å². The van der Waals surface area contributed by atoms with E-state index in [2.05, 4.69) is 142 Å². The van der Waals surface area contributed by atoms with Gasteiger partial charge in [-0.05, 0) is 109 Å². The fourth-order valence-corrected chi connectivity index (χ4v) is 8.38. The van der Waals surface area contributed by atoms with Gasteiger partial charge < -0.3 is 14.2 Å². The maximum atomic E-state index is 12.8. The fraction of sp³-hybridized carbons (Fsp3) is 0.667. The number of carbonyl (C=O) groups excluding carboxylic acids is 3. The summed E-state index contributed by atoms with van der Waals surface area (Å²) < 4.78 is 16.7. The summed E-state index contributed by atoms with van der Waals surface area (Å²) in [5, 5.41) is 0. The summed E-state index contributed by atoms with van der Waals surface area (Å²) in [6.45, 7) is 6.30. The van der Waals surface area contributed by atoms with Crippen molar-refractivity contribution in [1.82, 2.24) is 0 Å². The van der Waals surface area contributed by atoms with Crippen LogP contribution >= 0.6 is 0 Å². The van der Waals surface area contributed by atoms with Crippen LogP contribution in [0, 0.1) is 0 Å². The molecule has 0 saturated carbocycles. The van der Waals surface area contributed by atoms with E-state index < -0.39 is 6.10 Å². The summed E-state index contributed by atoms with van der Waals surface area (Å²) in [5.41, 5.74) is 0. The van der Waals surface area contributed by atoms with Crippen LogP contribution in [0.25, 0.3) is 0 Å². The Morgan fingerprint density at radius 2 is 0.520 bits per heavy atom. The van der Waals surface area contributed by atoms with Crippen LogP contribution in [-0.4, -0.2) is 37.2 Å². The third-order valence-electron chi connectivity index (χ3n) is 13.0. The molecular weight excluding hydrogens is 925 g/mol. The number of esters is 3. The Kier molecular flexibility index (Phi) is 58.9. The van der Waals surface area contributed by atoms with Crippen LogP contribution in [0.3, 0.4) is 0 Å². The van der Waals surface area contributed by atoms with Crippen LogP contribution in [0.4, 0.5) is 0 Å². The maximum Gasteiger partial charge on any atom is 0.306 e. The van der Waals surface area contributed by atoms with Crippen molar-refractivity contribution in [3.8, 4) is 0 Å². The van der Waals surface area contributed by atoms with Gasteiger partial charge in [0.05, 0.1) is 0 Å². The Morgan fingerprint density at radius 1 is 0.280 bits per heavy atom. The van der Waals surface area contributed by atoms with E-state index in [0.717, 1.165) is 141 Å². The third kappa shape index (κ3) is 60.6. The first kappa shape index (κ1) is 70.8. The van der Waals surface area contributed by atoms with Crippen molar-refractivity contribution in [2.45, 2.75) is 284 Å². The molecule has 0 amide bonds. The molecule has 1 atom stereocenters. The SMILES string of the molecule is CC/C=C\C/C=C\C/C=C\C/C=C\C/C=C\CCCCCCCCCCCCCCCCCCCC(=O)OCC(COC(=O)CCCCCCC)OC(=O)CCCCC/C=C\C/C=C\C/C=C\C/C=C\C/C=C\CC. The molecule has 0 aliphatic heterocycles. The van der Waals surface area contributed by atoms with Crippen LogP contribution in [-0.2, 0) is 28.6 Å². The van der Waals surface area contributed by atoms with Gasteiger partial charge in [0.1, 0.15) is 13.2 Å². The molecule has 6 heteroatoms. The number of unbranched alkanes of at least 4 members (excludes halogenated alkanes) is 24. The number of hydrogen-bond donors (Lipinski definition) is 0. The molecule has 6 nitrogen and oxygen atoms in total. The zero-order valence-corrected chi connectivity index (χ0v) is 48.8. The highest BCUT2D eigenvalue weighted by atomic mass is 16.6. The van der Waals surface area contributed by atoms with Crippen LogP contribution < -0.4 is 0 Å². The molecule has 0 radical (unpaired) electrons. The standard InChI is InChI=1S/C69H114O6/c1-4-7-10-13-15-17-19-21-23-25-27-28-29-30-31-32-33-34-35-36-37-38-39-40-42-43-45-47-49-51-53-56-59-62-68(71)74-65-66(64-73-67(70)61-58-55-12-9-6-3)75-69(72)63-60-57-54-52-50-48-46-44-41-26-24-22-20-18-16-14-11-8-5-2/h7-8,10-11,15-18,21-24,27-28,30-31,41,44,48,50,66H,4-6,9,12-14,19-20,25-26,29,32-40,42-43,45-47,49,51-65H2,1-3H3/b10-7-,11-8-,17-15-,18-16-,23-21-,24-22-,28-27-,31-30-,44-41-,50-48-. The van der Waals surface area contributed by atoms with Gasteiger partial charge in [-0.25, -0.2) is 0 Å². The van der Waals surface area contributed by atoms with Crippen molar-refractivity contribution in [2.24, 2.45) is 0 Å². The van der Waals surface area contributed by atoms with Crippen LogP contribution in [0.5, 0.6) is 0 Å². The molecule has 0 aromatic heterocycles. The van der Waals surface area contributed by atoms with E-state index in [-0.39, 0.29) is 37.5 Å². The summed E-state index contributed by atoms with van der Waals surface area (Å²) >= 11 is 0. The molecule has 0 fully saturated rings. The van der Waals surface area contributed by atoms with Crippen LogP contribution in [0.15, 0.2) is 122 Å². The number of hydrogen-bond acceptors (Lipinski definition) is 6. The predicted octanol–water partition coefficient (Wildman–Crippen LogP) is 21.2. The minimum Gasteiger partial charge on any atom is -0.462 e. The number of carbonyl (C=O) groups is 3. The molecule has 0 aromatic rings.